The second-order valence-corrected chi connectivity index (χ2v) is 7.37. The molecule has 3 aromatic carbocycles. The normalized spacial score (nSPS) is 10.4. The Labute approximate surface area is 195 Å². The number of nitriles is 1. The predicted octanol–water partition coefficient (Wildman–Crippen LogP) is 5.35. The van der Waals surface area contributed by atoms with Gasteiger partial charge in [-0.2, -0.15) is 5.26 Å². The Kier molecular flexibility index (Phi) is 6.80. The van der Waals surface area contributed by atoms with Crippen LogP contribution in [0.4, 0.5) is 10.3 Å². The smallest absolute Gasteiger partial charge is 0.310 e. The van der Waals surface area contributed by atoms with E-state index in [2.05, 4.69) is 11.4 Å². The first-order chi connectivity index (χ1) is 16.5. The van der Waals surface area contributed by atoms with Crippen LogP contribution in [0.15, 0.2) is 89.3 Å². The molecule has 0 unspecified atom stereocenters. The van der Waals surface area contributed by atoms with E-state index in [9.17, 15) is 19.2 Å². The fraction of sp³-hybridized carbons (Fsp3) is 0.0741. The monoisotopic (exact) mass is 454 g/mol. The quantitative estimate of drug-likeness (QED) is 0.380. The Morgan fingerprint density at radius 2 is 1.53 bits per heavy atom. The molecule has 0 spiro atoms. The molecule has 4 aromatic rings. The summed E-state index contributed by atoms with van der Waals surface area (Å²) >= 11 is 0. The van der Waals surface area contributed by atoms with E-state index in [-0.39, 0.29) is 17.9 Å². The first kappa shape index (κ1) is 22.5. The van der Waals surface area contributed by atoms with Gasteiger partial charge in [-0.1, -0.05) is 72.8 Å². The maximum Gasteiger partial charge on any atom is 0.310 e. The van der Waals surface area contributed by atoms with E-state index in [1.165, 1.54) is 24.3 Å². The van der Waals surface area contributed by atoms with Crippen molar-refractivity contribution in [1.29, 1.82) is 5.26 Å². The number of anilines is 1. The summed E-state index contributed by atoms with van der Waals surface area (Å²) in [5.41, 5.74) is 2.77. The molecule has 0 aliphatic rings. The molecule has 6 nitrogen and oxygen atoms in total. The molecule has 0 saturated carbocycles. The Bertz CT molecular complexity index is 1340. The van der Waals surface area contributed by atoms with E-state index in [1.807, 2.05) is 60.7 Å². The lowest BCUT2D eigenvalue weighted by molar-refractivity contribution is -0.146. The van der Waals surface area contributed by atoms with Gasteiger partial charge in [0, 0.05) is 11.1 Å². The lowest BCUT2D eigenvalue weighted by Gasteiger charge is -2.05. The summed E-state index contributed by atoms with van der Waals surface area (Å²) in [7, 11) is 0. The number of esters is 1. The van der Waals surface area contributed by atoms with Gasteiger partial charge in [0.25, 0.3) is 5.91 Å². The van der Waals surface area contributed by atoms with Gasteiger partial charge in [-0.3, -0.25) is 14.9 Å². The first-order valence-corrected chi connectivity index (χ1v) is 10.4. The van der Waals surface area contributed by atoms with E-state index >= 15 is 0 Å². The maximum absolute atomic E-state index is 13.0. The highest BCUT2D eigenvalue weighted by Gasteiger charge is 2.24. The first-order valence-electron chi connectivity index (χ1n) is 10.4. The van der Waals surface area contributed by atoms with Gasteiger partial charge in [0.1, 0.15) is 23.2 Å². The van der Waals surface area contributed by atoms with Crippen LogP contribution >= 0.6 is 0 Å². The van der Waals surface area contributed by atoms with Crippen LogP contribution in [0, 0.1) is 17.1 Å². The molecule has 0 fully saturated rings. The Morgan fingerprint density at radius 3 is 2.15 bits per heavy atom. The summed E-state index contributed by atoms with van der Waals surface area (Å²) in [4.78, 5) is 24.5. The van der Waals surface area contributed by atoms with Crippen molar-refractivity contribution in [2.45, 2.75) is 6.42 Å². The number of carbonyl (C=O) groups excluding carboxylic acids is 2. The molecule has 0 atom stereocenters. The summed E-state index contributed by atoms with van der Waals surface area (Å²) < 4.78 is 23.9. The van der Waals surface area contributed by atoms with Crippen LogP contribution in [0.5, 0.6) is 0 Å². The van der Waals surface area contributed by atoms with Crippen LogP contribution in [-0.2, 0) is 20.7 Å². The molecule has 0 bridgehead atoms. The summed E-state index contributed by atoms with van der Waals surface area (Å²) in [6.45, 7) is -0.563. The second kappa shape index (κ2) is 10.3. The van der Waals surface area contributed by atoms with Crippen molar-refractivity contribution in [3.63, 3.8) is 0 Å². The Hall–Kier alpha value is -4.70. The molecule has 0 saturated heterocycles. The van der Waals surface area contributed by atoms with Gasteiger partial charge in [-0.15, -0.1) is 0 Å². The molecule has 7 heteroatoms. The van der Waals surface area contributed by atoms with E-state index in [0.717, 1.165) is 11.1 Å². The van der Waals surface area contributed by atoms with Crippen molar-refractivity contribution in [2.24, 2.45) is 0 Å². The Balaban J connectivity index is 1.53. The number of nitrogens with zero attached hydrogens (tertiary/aromatic N) is 1. The minimum Gasteiger partial charge on any atom is -0.455 e. The number of nitrogens with one attached hydrogen (secondary N) is 1. The van der Waals surface area contributed by atoms with E-state index in [1.54, 1.807) is 0 Å². The fourth-order valence-electron chi connectivity index (χ4n) is 3.43. The van der Waals surface area contributed by atoms with Crippen LogP contribution in [0.25, 0.3) is 22.5 Å². The molecule has 4 rings (SSSR count). The predicted molar refractivity (Wildman–Crippen MR) is 124 cm³/mol. The number of hydrogen-bond donors (Lipinski definition) is 1. The number of benzene rings is 3. The SMILES string of the molecule is N#Cc1c(NC(=O)COC(=O)Cc2ccc(F)cc2)oc(-c2ccccc2)c1-c1ccccc1. The fourth-order valence-corrected chi connectivity index (χ4v) is 3.43. The third-order valence-corrected chi connectivity index (χ3v) is 5.00. The number of rotatable bonds is 7. The highest BCUT2D eigenvalue weighted by Crippen LogP contribution is 2.41. The van der Waals surface area contributed by atoms with Gasteiger partial charge >= 0.3 is 5.97 Å². The summed E-state index contributed by atoms with van der Waals surface area (Å²) in [5.74, 6) is -1.30. The van der Waals surface area contributed by atoms with Crippen LogP contribution < -0.4 is 5.32 Å². The van der Waals surface area contributed by atoms with Gasteiger partial charge in [-0.05, 0) is 23.3 Å². The number of carbonyl (C=O) groups is 2. The summed E-state index contributed by atoms with van der Waals surface area (Å²) in [5, 5.41) is 12.4. The van der Waals surface area contributed by atoms with Crippen LogP contribution in [0.1, 0.15) is 11.1 Å². The number of ether oxygens (including phenoxy) is 1. The molecule has 1 aromatic heterocycles. The molecule has 1 amide bonds. The van der Waals surface area contributed by atoms with Crippen molar-refractivity contribution in [2.75, 3.05) is 11.9 Å². The minimum absolute atomic E-state index is 0.0280. The number of halogens is 1. The number of amides is 1. The molecule has 1 heterocycles. The summed E-state index contributed by atoms with van der Waals surface area (Å²) in [6, 6.07) is 26.0. The van der Waals surface area contributed by atoms with Crippen molar-refractivity contribution < 1.29 is 23.1 Å². The van der Waals surface area contributed by atoms with E-state index < -0.39 is 24.3 Å². The van der Waals surface area contributed by atoms with Gasteiger partial charge in [0.2, 0.25) is 5.88 Å². The number of hydrogen-bond acceptors (Lipinski definition) is 5. The minimum atomic E-state index is -0.656. The second-order valence-electron chi connectivity index (χ2n) is 7.37. The van der Waals surface area contributed by atoms with Gasteiger partial charge in [-0.25, -0.2) is 4.39 Å². The van der Waals surface area contributed by atoms with E-state index in [4.69, 9.17) is 9.15 Å². The van der Waals surface area contributed by atoms with Crippen LogP contribution in [-0.4, -0.2) is 18.5 Å². The standard InChI is InChI=1S/C27H19FN2O4/c28-21-13-11-18(12-14-21)15-24(32)33-17-23(31)30-27-22(16-29)25(19-7-3-1-4-8-19)26(34-27)20-9-5-2-6-10-20/h1-14H,15,17H2,(H,30,31). The highest BCUT2D eigenvalue weighted by atomic mass is 19.1. The highest BCUT2D eigenvalue weighted by molar-refractivity contribution is 5.96. The molecule has 0 aliphatic carbocycles. The lowest BCUT2D eigenvalue weighted by atomic mass is 9.98. The number of furan rings is 1. The topological polar surface area (TPSA) is 92.3 Å². The van der Waals surface area contributed by atoms with Crippen LogP contribution in [0.3, 0.4) is 0 Å². The van der Waals surface area contributed by atoms with Crippen LogP contribution in [0.2, 0.25) is 0 Å². The molecular formula is C27H19FN2O4. The van der Waals surface area contributed by atoms with Crippen molar-refractivity contribution in [3.8, 4) is 28.5 Å². The van der Waals surface area contributed by atoms with Gasteiger partial charge in [0.15, 0.2) is 6.61 Å². The average molecular weight is 454 g/mol. The van der Waals surface area contributed by atoms with Crippen molar-refractivity contribution >= 4 is 17.8 Å². The molecule has 168 valence electrons. The molecule has 0 aliphatic heterocycles. The van der Waals surface area contributed by atoms with Gasteiger partial charge < -0.3 is 9.15 Å². The maximum atomic E-state index is 13.0. The average Bonchev–Trinajstić information content (AvgIpc) is 3.23. The molecule has 34 heavy (non-hydrogen) atoms. The zero-order valence-electron chi connectivity index (χ0n) is 18.0. The zero-order chi connectivity index (χ0) is 23.9. The van der Waals surface area contributed by atoms with Crippen molar-refractivity contribution in [1.82, 2.24) is 0 Å². The Morgan fingerprint density at radius 1 is 0.912 bits per heavy atom. The van der Waals surface area contributed by atoms with Gasteiger partial charge in [0.05, 0.1) is 6.42 Å². The largest absolute Gasteiger partial charge is 0.455 e. The summed E-state index contributed by atoms with van der Waals surface area (Å²) in [6.07, 6.45) is -0.103. The lowest BCUT2D eigenvalue weighted by Crippen LogP contribution is -2.21. The van der Waals surface area contributed by atoms with Crippen molar-refractivity contribution in [3.05, 3.63) is 102 Å². The van der Waals surface area contributed by atoms with E-state index in [0.29, 0.717) is 16.9 Å². The zero-order valence-corrected chi connectivity index (χ0v) is 18.0. The molecular weight excluding hydrogens is 435 g/mol. The third kappa shape index (κ3) is 5.19. The third-order valence-electron chi connectivity index (χ3n) is 5.00. The molecule has 1 N–H and O–H groups in total. The molecule has 0 radical (unpaired) electrons.